The molecule has 120 valence electrons. The Morgan fingerprint density at radius 2 is 1.58 bits per heavy atom. The number of hydrogen-bond acceptors (Lipinski definition) is 6. The number of carbonyl (C=O) groups excluding carboxylic acids is 1. The number of benzene rings is 2. The second kappa shape index (κ2) is 6.92. The van der Waals surface area contributed by atoms with E-state index in [0.29, 0.717) is 11.1 Å². The zero-order valence-corrected chi connectivity index (χ0v) is 13.5. The van der Waals surface area contributed by atoms with Gasteiger partial charge in [-0.25, -0.2) is 8.42 Å². The molecule has 7 heteroatoms. The average Bonchev–Trinajstić information content (AvgIpc) is 2.62. The van der Waals surface area contributed by atoms with Crippen molar-refractivity contribution in [2.24, 2.45) is 0 Å². The van der Waals surface area contributed by atoms with Crippen LogP contribution in [0.5, 0.6) is 0 Å². The fourth-order valence-corrected chi connectivity index (χ4v) is 2.65. The average molecular weight is 339 g/mol. The first kappa shape index (κ1) is 17.2. The second-order valence-electron chi connectivity index (χ2n) is 4.78. The van der Waals surface area contributed by atoms with Crippen LogP contribution in [0.3, 0.4) is 0 Å². The van der Waals surface area contributed by atoms with Crippen LogP contribution in [0, 0.1) is 16.1 Å². The minimum Gasteiger partial charge on any atom is -0.388 e. The van der Waals surface area contributed by atoms with Crippen LogP contribution in [0.4, 0.5) is 5.69 Å². The number of carbonyl (C=O) groups is 1. The molecule has 0 aliphatic carbocycles. The van der Waals surface area contributed by atoms with Gasteiger partial charge in [-0.1, -0.05) is 12.1 Å². The minimum atomic E-state index is -3.99. The van der Waals surface area contributed by atoms with Crippen LogP contribution < -0.4 is 5.32 Å². The van der Waals surface area contributed by atoms with Gasteiger partial charge in [-0.3, -0.25) is 10.2 Å². The highest BCUT2D eigenvalue weighted by Gasteiger charge is 2.17. The maximum atomic E-state index is 12.5. The first-order valence-corrected chi connectivity index (χ1v) is 8.30. The van der Waals surface area contributed by atoms with Gasteiger partial charge >= 0.3 is 0 Å². The van der Waals surface area contributed by atoms with Crippen molar-refractivity contribution < 1.29 is 13.2 Å². The Bertz CT molecular complexity index is 963. The third-order valence-electron chi connectivity index (χ3n) is 3.36. The highest BCUT2D eigenvalue weighted by atomic mass is 32.2. The van der Waals surface area contributed by atoms with Gasteiger partial charge in [-0.2, -0.15) is 5.26 Å². The van der Waals surface area contributed by atoms with Crippen LogP contribution in [-0.2, 0) is 9.84 Å². The standard InChI is InChI=1S/C17H13N3O3S/c1-20-14-6-2-13(3-7-14)17(21)16(10-18)12-4-8-15(9-5-12)24(22,23)11-19/h2-9,18,20H,1H3. The molecule has 0 saturated carbocycles. The number of nitriles is 1. The molecule has 2 N–H and O–H groups in total. The van der Waals surface area contributed by atoms with Gasteiger partial charge in [0.05, 0.1) is 10.5 Å². The van der Waals surface area contributed by atoms with Gasteiger partial charge in [0.15, 0.2) is 5.40 Å². The van der Waals surface area contributed by atoms with Crippen LogP contribution in [0.1, 0.15) is 15.9 Å². The fraction of sp³-hybridized carbons (Fsp3) is 0.0588. The number of anilines is 1. The molecule has 0 fully saturated rings. The summed E-state index contributed by atoms with van der Waals surface area (Å²) in [5, 5.41) is 20.1. The quantitative estimate of drug-likeness (QED) is 0.286. The molecule has 0 aromatic heterocycles. The largest absolute Gasteiger partial charge is 0.388 e. The Kier molecular flexibility index (Phi) is 4.95. The SMILES string of the molecule is CNc1ccc(C(=O)C(=C=N)c2ccc(S(=O)(=O)C#N)cc2)cc1. The van der Waals surface area contributed by atoms with Gasteiger partial charge in [0, 0.05) is 18.3 Å². The van der Waals surface area contributed by atoms with Crippen molar-refractivity contribution in [2.45, 2.75) is 4.90 Å². The number of ketones is 1. The van der Waals surface area contributed by atoms with Gasteiger partial charge in [-0.05, 0) is 47.8 Å². The molecule has 0 radical (unpaired) electrons. The Morgan fingerprint density at radius 1 is 1.04 bits per heavy atom. The van der Waals surface area contributed by atoms with E-state index in [1.54, 1.807) is 31.3 Å². The summed E-state index contributed by atoms with van der Waals surface area (Å²) >= 11 is 0. The van der Waals surface area contributed by atoms with E-state index in [-0.39, 0.29) is 10.5 Å². The number of hydrogen-bond donors (Lipinski definition) is 2. The highest BCUT2D eigenvalue weighted by molar-refractivity contribution is 7.95. The van der Waals surface area contributed by atoms with Crippen LogP contribution in [0.2, 0.25) is 0 Å². The normalized spacial score (nSPS) is 10.3. The summed E-state index contributed by atoms with van der Waals surface area (Å²) in [5.41, 5.74) is 1.59. The molecule has 0 unspecified atom stereocenters. The van der Waals surface area contributed by atoms with Crippen molar-refractivity contribution >= 4 is 32.8 Å². The molecule has 0 atom stereocenters. The lowest BCUT2D eigenvalue weighted by Crippen LogP contribution is -2.04. The van der Waals surface area contributed by atoms with Gasteiger partial charge < -0.3 is 5.32 Å². The monoisotopic (exact) mass is 339 g/mol. The number of sulfone groups is 1. The summed E-state index contributed by atoms with van der Waals surface area (Å²) in [4.78, 5) is 12.3. The Morgan fingerprint density at radius 3 is 2.04 bits per heavy atom. The highest BCUT2D eigenvalue weighted by Crippen LogP contribution is 2.21. The molecule has 0 heterocycles. The summed E-state index contributed by atoms with van der Waals surface area (Å²) < 4.78 is 22.9. The van der Waals surface area contributed by atoms with Crippen molar-refractivity contribution in [2.75, 3.05) is 12.4 Å². The number of thiocyanates is 1. The third-order valence-corrected chi connectivity index (χ3v) is 4.49. The molecule has 0 aliphatic rings. The molecule has 6 nitrogen and oxygen atoms in total. The maximum Gasteiger partial charge on any atom is 0.269 e. The number of Topliss-reactive ketones (excluding diaryl/α,β-unsaturated/α-hetero) is 1. The zero-order valence-electron chi connectivity index (χ0n) is 12.7. The minimum absolute atomic E-state index is 0.00751. The predicted molar refractivity (Wildman–Crippen MR) is 90.7 cm³/mol. The Balaban J connectivity index is 2.36. The zero-order chi connectivity index (χ0) is 17.7. The van der Waals surface area contributed by atoms with Crippen LogP contribution in [0.25, 0.3) is 5.57 Å². The Labute approximate surface area is 139 Å². The summed E-state index contributed by atoms with van der Waals surface area (Å²) in [6.45, 7) is 0. The van der Waals surface area contributed by atoms with Crippen LogP contribution in [-0.4, -0.2) is 27.1 Å². The lowest BCUT2D eigenvalue weighted by atomic mass is 9.98. The van der Waals surface area contributed by atoms with Crippen molar-refractivity contribution in [1.29, 1.82) is 10.7 Å². The first-order valence-electron chi connectivity index (χ1n) is 6.81. The number of allylic oxidation sites excluding steroid dienone is 1. The van der Waals surface area contributed by atoms with Crippen LogP contribution >= 0.6 is 0 Å². The molecular formula is C17H13N3O3S. The molecule has 2 aromatic carbocycles. The van der Waals surface area contributed by atoms with E-state index in [1.807, 2.05) is 0 Å². The maximum absolute atomic E-state index is 12.5. The van der Waals surface area contributed by atoms with Crippen molar-refractivity contribution in [3.63, 3.8) is 0 Å². The van der Waals surface area contributed by atoms with Gasteiger partial charge in [0.25, 0.3) is 9.84 Å². The Hall–Kier alpha value is -3.20. The van der Waals surface area contributed by atoms with E-state index >= 15 is 0 Å². The number of rotatable bonds is 5. The lowest BCUT2D eigenvalue weighted by molar-refractivity contribution is 0.105. The van der Waals surface area contributed by atoms with Crippen LogP contribution in [0.15, 0.2) is 53.4 Å². The van der Waals surface area contributed by atoms with Crippen molar-refractivity contribution in [1.82, 2.24) is 0 Å². The molecule has 0 saturated heterocycles. The predicted octanol–water partition coefficient (Wildman–Crippen LogP) is 2.50. The van der Waals surface area contributed by atoms with E-state index in [1.165, 1.54) is 29.7 Å². The molecule has 2 rings (SSSR count). The molecule has 0 bridgehead atoms. The van der Waals surface area contributed by atoms with E-state index in [0.717, 1.165) is 5.69 Å². The van der Waals surface area contributed by atoms with E-state index in [9.17, 15) is 13.2 Å². The third kappa shape index (κ3) is 3.41. The number of nitrogens with one attached hydrogen (secondary N) is 2. The van der Waals surface area contributed by atoms with E-state index in [4.69, 9.17) is 10.7 Å². The number of nitrogens with zero attached hydrogens (tertiary/aromatic N) is 1. The molecule has 24 heavy (non-hydrogen) atoms. The van der Waals surface area contributed by atoms with Gasteiger partial charge in [0.1, 0.15) is 0 Å². The summed E-state index contributed by atoms with van der Waals surface area (Å²) in [6, 6.07) is 11.9. The molecular weight excluding hydrogens is 326 g/mol. The van der Waals surface area contributed by atoms with Gasteiger partial charge in [-0.15, -0.1) is 0 Å². The first-order chi connectivity index (χ1) is 11.4. The lowest BCUT2D eigenvalue weighted by Gasteiger charge is -2.06. The fourth-order valence-electron chi connectivity index (χ4n) is 2.05. The molecule has 0 aliphatic heterocycles. The molecule has 2 aromatic rings. The van der Waals surface area contributed by atoms with Crippen molar-refractivity contribution in [3.8, 4) is 5.40 Å². The van der Waals surface area contributed by atoms with Crippen molar-refractivity contribution in [3.05, 3.63) is 59.7 Å². The molecule has 0 spiro atoms. The summed E-state index contributed by atoms with van der Waals surface area (Å²) in [6.07, 6.45) is 0. The summed E-state index contributed by atoms with van der Waals surface area (Å²) in [7, 11) is -2.23. The topological polar surface area (TPSA) is 111 Å². The summed E-state index contributed by atoms with van der Waals surface area (Å²) in [5.74, 6) is 1.70. The second-order valence-corrected chi connectivity index (χ2v) is 6.44. The molecule has 0 amide bonds. The van der Waals surface area contributed by atoms with Gasteiger partial charge in [0.2, 0.25) is 5.78 Å². The smallest absolute Gasteiger partial charge is 0.269 e. The van der Waals surface area contributed by atoms with E-state index in [2.05, 4.69) is 11.2 Å². The van der Waals surface area contributed by atoms with E-state index < -0.39 is 15.6 Å².